The van der Waals surface area contributed by atoms with Crippen molar-refractivity contribution in [3.63, 3.8) is 0 Å². The molecule has 0 unspecified atom stereocenters. The van der Waals surface area contributed by atoms with Crippen molar-refractivity contribution in [2.24, 2.45) is 0 Å². The highest BCUT2D eigenvalue weighted by Crippen LogP contribution is 2.40. The number of benzene rings is 1. The second-order valence-corrected chi connectivity index (χ2v) is 7.34. The predicted octanol–water partition coefficient (Wildman–Crippen LogP) is 5.14. The Labute approximate surface area is 133 Å². The van der Waals surface area contributed by atoms with Crippen molar-refractivity contribution in [1.29, 1.82) is 0 Å². The molecule has 0 aliphatic carbocycles. The van der Waals surface area contributed by atoms with Crippen LogP contribution in [0.3, 0.4) is 0 Å². The molecule has 4 heteroatoms. The molecule has 0 N–H and O–H groups in total. The summed E-state index contributed by atoms with van der Waals surface area (Å²) < 4.78 is 26.3. The third-order valence-electron chi connectivity index (χ3n) is 4.83. The summed E-state index contributed by atoms with van der Waals surface area (Å²) in [6.07, 6.45) is 0. The van der Waals surface area contributed by atoms with Crippen molar-refractivity contribution in [3.8, 4) is 0 Å². The molecule has 1 aliphatic rings. The second kappa shape index (κ2) is 5.82. The molecular formula is C18H26BFO2. The average molecular weight is 304 g/mol. The van der Waals surface area contributed by atoms with Gasteiger partial charge in [-0.05, 0) is 57.2 Å². The molecule has 0 radical (unpaired) electrons. The van der Waals surface area contributed by atoms with E-state index in [0.717, 1.165) is 5.56 Å². The van der Waals surface area contributed by atoms with E-state index in [1.165, 1.54) is 5.56 Å². The van der Waals surface area contributed by atoms with Crippen LogP contribution in [0.2, 0.25) is 0 Å². The molecule has 1 saturated heterocycles. The molecule has 0 aromatic heterocycles. The van der Waals surface area contributed by atoms with Crippen LogP contribution in [0, 0.1) is 0 Å². The molecule has 0 amide bonds. The van der Waals surface area contributed by atoms with E-state index in [0.29, 0.717) is 11.5 Å². The molecule has 0 bridgehead atoms. The van der Waals surface area contributed by atoms with E-state index in [9.17, 15) is 4.39 Å². The van der Waals surface area contributed by atoms with E-state index in [2.05, 4.69) is 13.8 Å². The normalized spacial score (nSPS) is 21.2. The van der Waals surface area contributed by atoms with Gasteiger partial charge in [0.15, 0.2) is 0 Å². The van der Waals surface area contributed by atoms with Gasteiger partial charge in [0, 0.05) is 0 Å². The van der Waals surface area contributed by atoms with Gasteiger partial charge in [-0.3, -0.25) is 0 Å². The monoisotopic (exact) mass is 304 g/mol. The Morgan fingerprint density at radius 1 is 1.00 bits per heavy atom. The van der Waals surface area contributed by atoms with E-state index in [4.69, 9.17) is 9.31 Å². The topological polar surface area (TPSA) is 18.5 Å². The Bertz CT molecular complexity index is 557. The van der Waals surface area contributed by atoms with Crippen molar-refractivity contribution >= 4 is 12.7 Å². The summed E-state index contributed by atoms with van der Waals surface area (Å²) in [7, 11) is -0.935. The number of hydrogen-bond donors (Lipinski definition) is 0. The van der Waals surface area contributed by atoms with Crippen LogP contribution in [0.1, 0.15) is 65.5 Å². The molecular weight excluding hydrogens is 278 g/mol. The van der Waals surface area contributed by atoms with Gasteiger partial charge in [-0.1, -0.05) is 38.1 Å². The molecule has 0 atom stereocenters. The highest BCUT2D eigenvalue weighted by molar-refractivity contribution is 6.55. The summed E-state index contributed by atoms with van der Waals surface area (Å²) in [5.74, 6) is 0.464. The van der Waals surface area contributed by atoms with Gasteiger partial charge < -0.3 is 9.31 Å². The molecule has 2 nitrogen and oxygen atoms in total. The molecule has 120 valence electrons. The average Bonchev–Trinajstić information content (AvgIpc) is 2.66. The van der Waals surface area contributed by atoms with Gasteiger partial charge >= 0.3 is 7.12 Å². The van der Waals surface area contributed by atoms with Crippen molar-refractivity contribution in [2.75, 3.05) is 0 Å². The third-order valence-corrected chi connectivity index (χ3v) is 4.83. The second-order valence-electron chi connectivity index (χ2n) is 7.34. The van der Waals surface area contributed by atoms with E-state index >= 15 is 0 Å². The van der Waals surface area contributed by atoms with Crippen molar-refractivity contribution < 1.29 is 13.7 Å². The quantitative estimate of drug-likeness (QED) is 0.720. The first kappa shape index (κ1) is 17.2. The lowest BCUT2D eigenvalue weighted by Crippen LogP contribution is -2.41. The van der Waals surface area contributed by atoms with Gasteiger partial charge in [0.2, 0.25) is 0 Å². The number of halogens is 1. The van der Waals surface area contributed by atoms with Gasteiger partial charge in [-0.15, -0.1) is 0 Å². The minimum absolute atomic E-state index is 0.351. The Morgan fingerprint density at radius 2 is 1.45 bits per heavy atom. The zero-order chi connectivity index (χ0) is 16.7. The van der Waals surface area contributed by atoms with Gasteiger partial charge in [-0.2, -0.15) is 0 Å². The van der Waals surface area contributed by atoms with Gasteiger partial charge in [0.1, 0.15) is 5.73 Å². The van der Waals surface area contributed by atoms with E-state index < -0.39 is 18.3 Å². The maximum absolute atomic E-state index is 14.8. The van der Waals surface area contributed by atoms with Crippen molar-refractivity contribution in [3.05, 3.63) is 41.1 Å². The molecule has 1 aromatic carbocycles. The molecule has 0 spiro atoms. The highest BCUT2D eigenvalue weighted by Gasteiger charge is 2.53. The van der Waals surface area contributed by atoms with Crippen LogP contribution in [-0.4, -0.2) is 18.3 Å². The summed E-state index contributed by atoms with van der Waals surface area (Å²) in [5.41, 5.74) is 1.25. The summed E-state index contributed by atoms with van der Waals surface area (Å²) in [4.78, 5) is 0. The van der Waals surface area contributed by atoms with Crippen LogP contribution in [0.25, 0.3) is 5.57 Å². The van der Waals surface area contributed by atoms with Gasteiger partial charge in [0.25, 0.3) is 0 Å². The maximum atomic E-state index is 14.8. The van der Waals surface area contributed by atoms with Crippen LogP contribution in [0.15, 0.2) is 30.0 Å². The lowest BCUT2D eigenvalue weighted by Gasteiger charge is -2.32. The number of hydrogen-bond acceptors (Lipinski definition) is 2. The fourth-order valence-electron chi connectivity index (χ4n) is 2.38. The first-order valence-electron chi connectivity index (χ1n) is 7.87. The molecule has 1 heterocycles. The SMILES string of the molecule is CC(=C(F)B1OC(C)(C)C(C)(C)O1)c1ccc(C(C)C)cc1. The first-order chi connectivity index (χ1) is 10.0. The van der Waals surface area contributed by atoms with Gasteiger partial charge in [-0.25, -0.2) is 4.39 Å². The lowest BCUT2D eigenvalue weighted by atomic mass is 9.83. The smallest absolute Gasteiger partial charge is 0.398 e. The lowest BCUT2D eigenvalue weighted by molar-refractivity contribution is 0.00578. The minimum atomic E-state index is -0.935. The zero-order valence-electron chi connectivity index (χ0n) is 14.7. The molecule has 0 saturated carbocycles. The van der Waals surface area contributed by atoms with Crippen LogP contribution in [0.4, 0.5) is 4.39 Å². The fraction of sp³-hybridized carbons (Fsp3) is 0.556. The Morgan fingerprint density at radius 3 is 1.86 bits per heavy atom. The molecule has 2 rings (SSSR count). The van der Waals surface area contributed by atoms with E-state index in [1.807, 2.05) is 52.0 Å². The Kier molecular flexibility index (Phi) is 4.56. The van der Waals surface area contributed by atoms with Crippen molar-refractivity contribution in [2.45, 2.75) is 65.6 Å². The van der Waals surface area contributed by atoms with Crippen LogP contribution < -0.4 is 0 Å². The third kappa shape index (κ3) is 3.13. The Balaban J connectivity index is 2.26. The molecule has 1 fully saturated rings. The fourth-order valence-corrected chi connectivity index (χ4v) is 2.38. The summed E-state index contributed by atoms with van der Waals surface area (Å²) >= 11 is 0. The summed E-state index contributed by atoms with van der Waals surface area (Å²) in [5, 5.41) is 0. The van der Waals surface area contributed by atoms with Gasteiger partial charge in [0.05, 0.1) is 11.2 Å². The van der Waals surface area contributed by atoms with Crippen molar-refractivity contribution in [1.82, 2.24) is 0 Å². The molecule has 1 aliphatic heterocycles. The standard InChI is InChI=1S/C18H26BFO2/c1-12(2)14-8-10-15(11-9-14)13(3)16(20)19-21-17(4,5)18(6,7)22-19/h8-12H,1-7H3. The summed E-state index contributed by atoms with van der Waals surface area (Å²) in [6, 6.07) is 7.99. The maximum Gasteiger partial charge on any atom is 0.525 e. The first-order valence-corrected chi connectivity index (χ1v) is 7.87. The number of allylic oxidation sites excluding steroid dienone is 1. The van der Waals surface area contributed by atoms with E-state index in [1.54, 1.807) is 6.92 Å². The molecule has 1 aromatic rings. The van der Waals surface area contributed by atoms with Crippen LogP contribution in [0.5, 0.6) is 0 Å². The summed E-state index contributed by atoms with van der Waals surface area (Å²) in [6.45, 7) is 13.7. The Hall–Kier alpha value is -1.13. The minimum Gasteiger partial charge on any atom is -0.398 e. The van der Waals surface area contributed by atoms with Crippen LogP contribution >= 0.6 is 0 Å². The highest BCUT2D eigenvalue weighted by atomic mass is 19.1. The zero-order valence-corrected chi connectivity index (χ0v) is 14.7. The van der Waals surface area contributed by atoms with Crippen LogP contribution in [-0.2, 0) is 9.31 Å². The van der Waals surface area contributed by atoms with E-state index in [-0.39, 0.29) is 5.73 Å². The number of rotatable bonds is 3. The largest absolute Gasteiger partial charge is 0.525 e. The predicted molar refractivity (Wildman–Crippen MR) is 90.3 cm³/mol. The molecule has 22 heavy (non-hydrogen) atoms.